The lowest BCUT2D eigenvalue weighted by atomic mass is 10.1. The number of hydrogen-bond donors (Lipinski definition) is 2. The average molecular weight is 206 g/mol. The van der Waals surface area contributed by atoms with Crippen molar-refractivity contribution in [2.75, 3.05) is 18.1 Å². The summed E-state index contributed by atoms with van der Waals surface area (Å²) in [5.74, 6) is 3.59. The predicted molar refractivity (Wildman–Crippen MR) is 59.5 cm³/mol. The maximum atomic E-state index is 5.50. The van der Waals surface area contributed by atoms with E-state index in [2.05, 4.69) is 21.2 Å². The van der Waals surface area contributed by atoms with Crippen molar-refractivity contribution in [2.45, 2.75) is 19.4 Å². The molecule has 15 heavy (non-hydrogen) atoms. The van der Waals surface area contributed by atoms with Gasteiger partial charge >= 0.3 is 0 Å². The van der Waals surface area contributed by atoms with Crippen molar-refractivity contribution in [3.8, 4) is 18.2 Å². The first-order valence-electron chi connectivity index (χ1n) is 4.46. The second-order valence-electron chi connectivity index (χ2n) is 3.46. The Balaban J connectivity index is 2.96. The summed E-state index contributed by atoms with van der Waals surface area (Å²) in [7, 11) is 1.73. The Morgan fingerprint density at radius 3 is 2.73 bits per heavy atom. The van der Waals surface area contributed by atoms with Crippen molar-refractivity contribution in [2.24, 2.45) is 0 Å². The number of rotatable bonds is 3. The number of nitrogen functional groups attached to an aromatic ring is 1. The Labute approximate surface area is 89.1 Å². The minimum Gasteiger partial charge on any atom is -0.458 e. The topological polar surface area (TPSA) is 73.1 Å². The second kappa shape index (κ2) is 4.05. The SMILES string of the molecule is C#CC(C)(C)Oc1cc(NC)nc(N)n1. The fourth-order valence-corrected chi connectivity index (χ4v) is 0.914. The molecular formula is C10H14N4O. The number of hydrogen-bond acceptors (Lipinski definition) is 5. The molecule has 1 rings (SSSR count). The fraction of sp³-hybridized carbons (Fsp3) is 0.400. The van der Waals surface area contributed by atoms with Crippen LogP contribution in [0.4, 0.5) is 11.8 Å². The summed E-state index contributed by atoms with van der Waals surface area (Å²) in [4.78, 5) is 7.86. The Morgan fingerprint density at radius 1 is 1.53 bits per heavy atom. The van der Waals surface area contributed by atoms with Gasteiger partial charge in [-0.1, -0.05) is 5.92 Å². The van der Waals surface area contributed by atoms with E-state index in [1.165, 1.54) is 0 Å². The van der Waals surface area contributed by atoms with Crippen LogP contribution < -0.4 is 15.8 Å². The average Bonchev–Trinajstić information content (AvgIpc) is 2.16. The van der Waals surface area contributed by atoms with E-state index in [0.29, 0.717) is 11.7 Å². The molecule has 0 unspecified atom stereocenters. The summed E-state index contributed by atoms with van der Waals surface area (Å²) >= 11 is 0. The number of nitrogens with two attached hydrogens (primary N) is 1. The maximum absolute atomic E-state index is 5.50. The van der Waals surface area contributed by atoms with Crippen LogP contribution in [0.5, 0.6) is 5.88 Å². The molecule has 5 nitrogen and oxygen atoms in total. The monoisotopic (exact) mass is 206 g/mol. The highest BCUT2D eigenvalue weighted by Crippen LogP contribution is 2.19. The van der Waals surface area contributed by atoms with Gasteiger partial charge in [-0.3, -0.25) is 0 Å². The van der Waals surface area contributed by atoms with Gasteiger partial charge < -0.3 is 15.8 Å². The summed E-state index contributed by atoms with van der Waals surface area (Å²) in [6.45, 7) is 3.54. The molecule has 5 heteroatoms. The lowest BCUT2D eigenvalue weighted by Crippen LogP contribution is -2.26. The van der Waals surface area contributed by atoms with Crippen molar-refractivity contribution in [3.05, 3.63) is 6.07 Å². The highest BCUT2D eigenvalue weighted by Gasteiger charge is 2.17. The van der Waals surface area contributed by atoms with Gasteiger partial charge in [0.2, 0.25) is 11.8 Å². The molecule has 0 saturated carbocycles. The predicted octanol–water partition coefficient (Wildman–Crippen LogP) is 0.891. The van der Waals surface area contributed by atoms with E-state index in [4.69, 9.17) is 16.9 Å². The van der Waals surface area contributed by atoms with Crippen LogP contribution in [0.2, 0.25) is 0 Å². The number of anilines is 2. The fourth-order valence-electron chi connectivity index (χ4n) is 0.914. The first-order valence-corrected chi connectivity index (χ1v) is 4.46. The van der Waals surface area contributed by atoms with E-state index in [-0.39, 0.29) is 5.95 Å². The molecule has 1 aromatic rings. The largest absolute Gasteiger partial charge is 0.458 e. The molecule has 0 aliphatic rings. The van der Waals surface area contributed by atoms with E-state index in [9.17, 15) is 0 Å². The van der Waals surface area contributed by atoms with E-state index in [1.807, 2.05) is 0 Å². The molecule has 3 N–H and O–H groups in total. The van der Waals surface area contributed by atoms with Gasteiger partial charge in [0.05, 0.1) is 0 Å². The molecule has 0 aliphatic carbocycles. The molecule has 0 amide bonds. The molecule has 0 fully saturated rings. The third-order valence-electron chi connectivity index (χ3n) is 1.68. The van der Waals surface area contributed by atoms with Gasteiger partial charge in [0, 0.05) is 13.1 Å². The third-order valence-corrected chi connectivity index (χ3v) is 1.68. The standard InChI is InChI=1S/C10H14N4O/c1-5-10(2,3)15-8-6-7(12-4)13-9(11)14-8/h1,6H,2-4H3,(H3,11,12,13,14). The van der Waals surface area contributed by atoms with Crippen LogP contribution in [-0.4, -0.2) is 22.6 Å². The lowest BCUT2D eigenvalue weighted by molar-refractivity contribution is 0.165. The van der Waals surface area contributed by atoms with Crippen LogP contribution in [0, 0.1) is 12.3 Å². The maximum Gasteiger partial charge on any atom is 0.225 e. The van der Waals surface area contributed by atoms with Gasteiger partial charge in [0.25, 0.3) is 0 Å². The highest BCUT2D eigenvalue weighted by atomic mass is 16.5. The number of aromatic nitrogens is 2. The number of nitrogens with zero attached hydrogens (tertiary/aromatic N) is 2. The van der Waals surface area contributed by atoms with Gasteiger partial charge in [-0.15, -0.1) is 6.42 Å². The highest BCUT2D eigenvalue weighted by molar-refractivity contribution is 5.42. The summed E-state index contributed by atoms with van der Waals surface area (Å²) in [6, 6.07) is 1.63. The van der Waals surface area contributed by atoms with Crippen molar-refractivity contribution >= 4 is 11.8 Å². The zero-order valence-corrected chi connectivity index (χ0v) is 9.03. The Hall–Kier alpha value is -1.96. The molecule has 80 valence electrons. The first-order chi connectivity index (χ1) is 6.96. The van der Waals surface area contributed by atoms with Crippen LogP contribution in [0.15, 0.2) is 6.07 Å². The lowest BCUT2D eigenvalue weighted by Gasteiger charge is -2.19. The molecule has 0 radical (unpaired) electrons. The summed E-state index contributed by atoms with van der Waals surface area (Å²) in [5.41, 5.74) is 4.78. The van der Waals surface area contributed by atoms with Gasteiger partial charge in [-0.05, 0) is 13.8 Å². The number of ether oxygens (including phenoxy) is 1. The summed E-state index contributed by atoms with van der Waals surface area (Å²) < 4.78 is 5.47. The minimum absolute atomic E-state index is 0.143. The van der Waals surface area contributed by atoms with Gasteiger partial charge in [0.15, 0.2) is 5.60 Å². The minimum atomic E-state index is -0.716. The molecule has 1 aromatic heterocycles. The first kappa shape index (κ1) is 11.1. The Morgan fingerprint density at radius 2 is 2.20 bits per heavy atom. The quantitative estimate of drug-likeness (QED) is 0.718. The van der Waals surface area contributed by atoms with Gasteiger partial charge in [0.1, 0.15) is 5.82 Å². The normalized spacial score (nSPS) is 10.5. The van der Waals surface area contributed by atoms with E-state index < -0.39 is 5.60 Å². The van der Waals surface area contributed by atoms with Crippen molar-refractivity contribution < 1.29 is 4.74 Å². The van der Waals surface area contributed by atoms with Crippen molar-refractivity contribution in [3.63, 3.8) is 0 Å². The molecule has 0 aliphatic heterocycles. The molecule has 0 aromatic carbocycles. The van der Waals surface area contributed by atoms with E-state index >= 15 is 0 Å². The zero-order valence-electron chi connectivity index (χ0n) is 9.03. The number of terminal acetylenes is 1. The molecule has 0 bridgehead atoms. The van der Waals surface area contributed by atoms with Crippen LogP contribution in [0.1, 0.15) is 13.8 Å². The van der Waals surface area contributed by atoms with Crippen molar-refractivity contribution in [1.82, 2.24) is 9.97 Å². The van der Waals surface area contributed by atoms with E-state index in [0.717, 1.165) is 0 Å². The molecule has 0 saturated heterocycles. The Bertz CT molecular complexity index is 395. The molecule has 0 atom stereocenters. The second-order valence-corrected chi connectivity index (χ2v) is 3.46. The van der Waals surface area contributed by atoms with Gasteiger partial charge in [-0.25, -0.2) is 0 Å². The third kappa shape index (κ3) is 3.02. The molecular weight excluding hydrogens is 192 g/mol. The van der Waals surface area contributed by atoms with Crippen molar-refractivity contribution in [1.29, 1.82) is 0 Å². The van der Waals surface area contributed by atoms with Crippen LogP contribution in [0.25, 0.3) is 0 Å². The van der Waals surface area contributed by atoms with Gasteiger partial charge in [-0.2, -0.15) is 9.97 Å². The zero-order chi connectivity index (χ0) is 11.5. The van der Waals surface area contributed by atoms with Crippen LogP contribution >= 0.6 is 0 Å². The molecule has 0 spiro atoms. The molecule has 1 heterocycles. The number of nitrogens with one attached hydrogen (secondary N) is 1. The van der Waals surface area contributed by atoms with Crippen LogP contribution in [0.3, 0.4) is 0 Å². The smallest absolute Gasteiger partial charge is 0.225 e. The summed E-state index contributed by atoms with van der Waals surface area (Å²) in [6.07, 6.45) is 5.30. The summed E-state index contributed by atoms with van der Waals surface area (Å²) in [5, 5.41) is 2.85. The van der Waals surface area contributed by atoms with E-state index in [1.54, 1.807) is 27.0 Å². The van der Waals surface area contributed by atoms with Crippen LogP contribution in [-0.2, 0) is 0 Å². The Kier molecular flexibility index (Phi) is 3.00.